The van der Waals surface area contributed by atoms with Crippen LogP contribution in [0.4, 0.5) is 0 Å². The molecule has 1 unspecified atom stereocenters. The van der Waals surface area contributed by atoms with Crippen molar-refractivity contribution in [3.8, 4) is 5.75 Å². The largest absolute Gasteiger partial charge is 0.550 e. The van der Waals surface area contributed by atoms with E-state index in [0.29, 0.717) is 17.9 Å². The summed E-state index contributed by atoms with van der Waals surface area (Å²) in [6.07, 6.45) is -1.47. The Labute approximate surface area is 117 Å². The number of hydrogen-bond donors (Lipinski definition) is 1. The molecule has 0 aromatic heterocycles. The molecule has 104 valence electrons. The van der Waals surface area contributed by atoms with Crippen molar-refractivity contribution in [3.63, 3.8) is 0 Å². The van der Waals surface area contributed by atoms with Crippen molar-refractivity contribution >= 4 is 5.97 Å². The molecule has 0 heterocycles. The Morgan fingerprint density at radius 2 is 1.75 bits per heavy atom. The highest BCUT2D eigenvalue weighted by Gasteiger charge is 2.07. The first-order valence-corrected chi connectivity index (χ1v) is 6.30. The minimum atomic E-state index is -1.28. The molecule has 0 aliphatic carbocycles. The first kappa shape index (κ1) is 14.1. The summed E-state index contributed by atoms with van der Waals surface area (Å²) in [5.74, 6) is -0.611. The van der Waals surface area contributed by atoms with Gasteiger partial charge in [0, 0.05) is 12.4 Å². The third-order valence-electron chi connectivity index (χ3n) is 2.87. The Hall–Kier alpha value is -2.33. The van der Waals surface area contributed by atoms with Crippen LogP contribution in [0.25, 0.3) is 0 Å². The highest BCUT2D eigenvalue weighted by atomic mass is 16.5. The maximum atomic E-state index is 10.4. The Bertz CT molecular complexity index is 548. The number of carboxylic acid groups (broad SMARTS) is 1. The predicted molar refractivity (Wildman–Crippen MR) is 71.8 cm³/mol. The van der Waals surface area contributed by atoms with Crippen LogP contribution in [0.3, 0.4) is 0 Å². The normalized spacial score (nSPS) is 11.8. The second-order valence-corrected chi connectivity index (χ2v) is 4.44. The van der Waals surface area contributed by atoms with Crippen molar-refractivity contribution in [3.05, 3.63) is 65.7 Å². The van der Waals surface area contributed by atoms with Crippen LogP contribution in [0.5, 0.6) is 5.75 Å². The zero-order valence-corrected chi connectivity index (χ0v) is 10.9. The van der Waals surface area contributed by atoms with Gasteiger partial charge in [-0.05, 0) is 23.3 Å². The van der Waals surface area contributed by atoms with Gasteiger partial charge in [0.1, 0.15) is 12.4 Å². The van der Waals surface area contributed by atoms with E-state index < -0.39 is 18.5 Å². The van der Waals surface area contributed by atoms with E-state index >= 15 is 0 Å². The molecule has 1 atom stereocenters. The molecule has 2 aromatic carbocycles. The van der Waals surface area contributed by atoms with Crippen molar-refractivity contribution in [2.45, 2.75) is 19.1 Å². The number of aliphatic carboxylic acids is 1. The lowest BCUT2D eigenvalue weighted by Crippen LogP contribution is -2.24. The number of carbonyl (C=O) groups is 1. The number of carboxylic acids is 1. The standard InChI is InChI=1S/C16H16O4/c17-15(10-16(18)19)13-6-8-14(9-7-13)20-11-12-4-2-1-3-5-12/h1-9,15,17H,10-11H2,(H,18,19)/p-1. The highest BCUT2D eigenvalue weighted by molar-refractivity contribution is 5.65. The van der Waals surface area contributed by atoms with E-state index in [4.69, 9.17) is 4.74 Å². The third kappa shape index (κ3) is 4.10. The number of aliphatic hydroxyl groups excluding tert-OH is 1. The van der Waals surface area contributed by atoms with Gasteiger partial charge in [0.15, 0.2) is 0 Å². The molecule has 0 aliphatic heterocycles. The molecule has 4 nitrogen and oxygen atoms in total. The van der Waals surface area contributed by atoms with E-state index in [2.05, 4.69) is 0 Å². The summed E-state index contributed by atoms with van der Waals surface area (Å²) in [6.45, 7) is 0.460. The Morgan fingerprint density at radius 3 is 2.35 bits per heavy atom. The Balaban J connectivity index is 1.93. The number of aliphatic hydroxyl groups is 1. The van der Waals surface area contributed by atoms with Gasteiger partial charge in [-0.3, -0.25) is 0 Å². The Morgan fingerprint density at radius 1 is 1.10 bits per heavy atom. The van der Waals surface area contributed by atoms with Crippen LogP contribution in [0.15, 0.2) is 54.6 Å². The third-order valence-corrected chi connectivity index (χ3v) is 2.87. The lowest BCUT2D eigenvalue weighted by atomic mass is 10.1. The molecule has 0 fully saturated rings. The first-order chi connectivity index (χ1) is 9.65. The average Bonchev–Trinajstić information content (AvgIpc) is 2.46. The fourth-order valence-corrected chi connectivity index (χ4v) is 1.80. The molecule has 0 radical (unpaired) electrons. The molecule has 0 saturated carbocycles. The smallest absolute Gasteiger partial charge is 0.119 e. The van der Waals surface area contributed by atoms with Crippen LogP contribution in [0, 0.1) is 0 Å². The van der Waals surface area contributed by atoms with Gasteiger partial charge in [-0.25, -0.2) is 0 Å². The van der Waals surface area contributed by atoms with Gasteiger partial charge in [0.05, 0.1) is 6.10 Å². The number of benzene rings is 2. The minimum Gasteiger partial charge on any atom is -0.550 e. The van der Waals surface area contributed by atoms with Crippen LogP contribution in [0.2, 0.25) is 0 Å². The molecule has 0 aliphatic rings. The molecule has 0 saturated heterocycles. The zero-order valence-electron chi connectivity index (χ0n) is 10.9. The van der Waals surface area contributed by atoms with Crippen molar-refractivity contribution in [1.82, 2.24) is 0 Å². The number of ether oxygens (including phenoxy) is 1. The van der Waals surface area contributed by atoms with Gasteiger partial charge in [-0.2, -0.15) is 0 Å². The van der Waals surface area contributed by atoms with Gasteiger partial charge < -0.3 is 19.7 Å². The average molecular weight is 271 g/mol. The maximum absolute atomic E-state index is 10.4. The van der Waals surface area contributed by atoms with Crippen LogP contribution in [-0.2, 0) is 11.4 Å². The SMILES string of the molecule is O=C([O-])CC(O)c1ccc(OCc2ccccc2)cc1. The maximum Gasteiger partial charge on any atom is 0.119 e. The molecule has 20 heavy (non-hydrogen) atoms. The van der Waals surface area contributed by atoms with Crippen LogP contribution in [0.1, 0.15) is 23.7 Å². The minimum absolute atomic E-state index is 0.412. The predicted octanol–water partition coefficient (Wildman–Crippen LogP) is 1.44. The van der Waals surface area contributed by atoms with Gasteiger partial charge in [-0.15, -0.1) is 0 Å². The van der Waals surface area contributed by atoms with Gasteiger partial charge in [0.25, 0.3) is 0 Å². The molecule has 2 aromatic rings. The molecular weight excluding hydrogens is 256 g/mol. The second kappa shape index (κ2) is 6.73. The number of carbonyl (C=O) groups excluding carboxylic acids is 1. The molecular formula is C16H15O4-. The zero-order chi connectivity index (χ0) is 14.4. The number of rotatable bonds is 6. The van der Waals surface area contributed by atoms with Gasteiger partial charge >= 0.3 is 0 Å². The van der Waals surface area contributed by atoms with Crippen molar-refractivity contribution in [2.75, 3.05) is 0 Å². The summed E-state index contributed by atoms with van der Waals surface area (Å²) in [7, 11) is 0. The van der Waals surface area contributed by atoms with E-state index in [-0.39, 0.29) is 0 Å². The van der Waals surface area contributed by atoms with Gasteiger partial charge in [0.2, 0.25) is 0 Å². The monoisotopic (exact) mass is 271 g/mol. The summed E-state index contributed by atoms with van der Waals surface area (Å²) in [6, 6.07) is 16.5. The fourth-order valence-electron chi connectivity index (χ4n) is 1.80. The fraction of sp³-hybridized carbons (Fsp3) is 0.188. The topological polar surface area (TPSA) is 69.6 Å². The molecule has 0 bridgehead atoms. The second-order valence-electron chi connectivity index (χ2n) is 4.44. The van der Waals surface area contributed by atoms with Gasteiger partial charge in [-0.1, -0.05) is 42.5 Å². The summed E-state index contributed by atoms with van der Waals surface area (Å²) in [5, 5.41) is 20.0. The van der Waals surface area contributed by atoms with E-state index in [1.54, 1.807) is 24.3 Å². The molecule has 0 amide bonds. The Kier molecular flexibility index (Phi) is 4.74. The molecule has 0 spiro atoms. The summed E-state index contributed by atoms with van der Waals surface area (Å²) in [4.78, 5) is 10.4. The van der Waals surface area contributed by atoms with Crippen LogP contribution < -0.4 is 9.84 Å². The lowest BCUT2D eigenvalue weighted by molar-refractivity contribution is -0.307. The van der Waals surface area contributed by atoms with E-state index in [0.717, 1.165) is 5.56 Å². The molecule has 2 rings (SSSR count). The summed E-state index contributed by atoms with van der Waals surface area (Å²) < 4.78 is 5.60. The molecule has 4 heteroatoms. The van der Waals surface area contributed by atoms with Crippen molar-refractivity contribution in [2.24, 2.45) is 0 Å². The summed E-state index contributed by atoms with van der Waals surface area (Å²) >= 11 is 0. The summed E-state index contributed by atoms with van der Waals surface area (Å²) in [5.41, 5.74) is 1.59. The van der Waals surface area contributed by atoms with Crippen LogP contribution >= 0.6 is 0 Å². The van der Waals surface area contributed by atoms with Crippen molar-refractivity contribution < 1.29 is 19.7 Å². The molecule has 1 N–H and O–H groups in total. The highest BCUT2D eigenvalue weighted by Crippen LogP contribution is 2.20. The number of hydrogen-bond acceptors (Lipinski definition) is 4. The van der Waals surface area contributed by atoms with Crippen molar-refractivity contribution in [1.29, 1.82) is 0 Å². The van der Waals surface area contributed by atoms with E-state index in [1.165, 1.54) is 0 Å². The first-order valence-electron chi connectivity index (χ1n) is 6.30. The van der Waals surface area contributed by atoms with Crippen LogP contribution in [-0.4, -0.2) is 11.1 Å². The van der Waals surface area contributed by atoms with E-state index in [1.807, 2.05) is 30.3 Å². The lowest BCUT2D eigenvalue weighted by Gasteiger charge is -2.12. The van der Waals surface area contributed by atoms with E-state index in [9.17, 15) is 15.0 Å². The quantitative estimate of drug-likeness (QED) is 0.863.